The molecule has 7 unspecified atom stereocenters. The maximum absolute atomic E-state index is 12.1. The van der Waals surface area contributed by atoms with E-state index in [0.29, 0.717) is 0 Å². The molecule has 11 atom stereocenters. The van der Waals surface area contributed by atoms with Crippen molar-refractivity contribution in [3.63, 3.8) is 0 Å². The number of phosphoric ester groups is 2. The van der Waals surface area contributed by atoms with Crippen molar-refractivity contribution in [2.24, 2.45) is 0 Å². The van der Waals surface area contributed by atoms with Gasteiger partial charge in [-0.1, -0.05) is 0 Å². The minimum atomic E-state index is -5.91. The van der Waals surface area contributed by atoms with Crippen LogP contribution >= 0.6 is 15.6 Å². The van der Waals surface area contributed by atoms with Gasteiger partial charge in [-0.15, -0.1) is 0 Å². The topological polar surface area (TPSA) is 337 Å². The number of hydrogen-bond donors (Lipinski definition) is 8. The SMILES string of the molecule is Nc1nc2c(ncn2[C@@H]2O[C@H](COP(=O)([O-])OP(=O)([O-])O[C@H]3OC(CO)[C@@H](O)C(O)C3O)C(O)C2O)c(=O)[nH]1. The maximum Gasteiger partial charge on any atom is 0.280 e. The third-order valence-electron chi connectivity index (χ3n) is 5.74. The number of aromatic nitrogens is 4. The zero-order chi connectivity index (χ0) is 28.9. The van der Waals surface area contributed by atoms with Gasteiger partial charge < -0.3 is 60.2 Å². The summed E-state index contributed by atoms with van der Waals surface area (Å²) in [6.45, 7) is -2.01. The first-order valence-electron chi connectivity index (χ1n) is 10.8. The zero-order valence-corrected chi connectivity index (χ0v) is 21.1. The zero-order valence-electron chi connectivity index (χ0n) is 19.3. The van der Waals surface area contributed by atoms with Crippen molar-refractivity contribution in [3.8, 4) is 0 Å². The van der Waals surface area contributed by atoms with Gasteiger partial charge in [0, 0.05) is 0 Å². The van der Waals surface area contributed by atoms with E-state index in [2.05, 4.69) is 28.3 Å². The number of ether oxygens (including phenoxy) is 2. The molecule has 0 spiro atoms. The number of phosphoric acid groups is 2. The van der Waals surface area contributed by atoms with Crippen molar-refractivity contribution in [3.05, 3.63) is 16.7 Å². The Labute approximate surface area is 216 Å². The molecular weight excluding hydrogens is 580 g/mol. The van der Waals surface area contributed by atoms with E-state index in [9.17, 15) is 49.2 Å². The number of anilines is 1. The molecule has 0 aromatic carbocycles. The number of aromatic amines is 1. The van der Waals surface area contributed by atoms with Crippen LogP contribution in [-0.2, 0) is 32.0 Å². The lowest BCUT2D eigenvalue weighted by atomic mass is 10.00. The Morgan fingerprint density at radius 2 is 1.69 bits per heavy atom. The Balaban J connectivity index is 1.39. The van der Waals surface area contributed by atoms with Gasteiger partial charge >= 0.3 is 0 Å². The highest BCUT2D eigenvalue weighted by atomic mass is 31.3. The standard InChI is InChI=1S/C16H25N5O16P2/c17-16-19-12-6(13(28)20-16)18-3-21(12)14-10(26)8(24)5(34-14)2-33-38(29,30)37-39(31,32)36-15-11(27)9(25)7(23)4(1-22)35-15/h3-5,7-11,14-15,22-27H,1-2H2,(H,29,30)(H,31,32)(H3,17,19,20,28)/p-2/t4?,5-,7-,8?,9?,10?,11?,14-,15-/m1/s1. The molecule has 0 saturated carbocycles. The largest absolute Gasteiger partial charge is 0.756 e. The van der Waals surface area contributed by atoms with Crippen molar-refractivity contribution in [2.75, 3.05) is 18.9 Å². The average molecular weight is 603 g/mol. The van der Waals surface area contributed by atoms with E-state index < -0.39 is 89.7 Å². The Bertz CT molecular complexity index is 1340. The first kappa shape index (κ1) is 30.1. The fourth-order valence-corrected chi connectivity index (χ4v) is 5.92. The molecule has 2 aliphatic heterocycles. The molecule has 9 N–H and O–H groups in total. The Morgan fingerprint density at radius 1 is 1.03 bits per heavy atom. The first-order valence-corrected chi connectivity index (χ1v) is 13.8. The van der Waals surface area contributed by atoms with Gasteiger partial charge in [-0.2, -0.15) is 4.98 Å². The van der Waals surface area contributed by atoms with E-state index in [0.717, 1.165) is 10.9 Å². The summed E-state index contributed by atoms with van der Waals surface area (Å²) >= 11 is 0. The van der Waals surface area contributed by atoms with Gasteiger partial charge in [0.1, 0.15) is 42.7 Å². The highest BCUT2D eigenvalue weighted by molar-refractivity contribution is 7.59. The molecule has 4 rings (SSSR count). The van der Waals surface area contributed by atoms with Gasteiger partial charge in [-0.3, -0.25) is 28.0 Å². The van der Waals surface area contributed by atoms with Crippen LogP contribution in [0.2, 0.25) is 0 Å². The number of H-pyrrole nitrogens is 1. The van der Waals surface area contributed by atoms with Crippen LogP contribution in [0.15, 0.2) is 11.1 Å². The molecule has 2 aromatic rings. The minimum absolute atomic E-state index is 0.135. The fourth-order valence-electron chi connectivity index (χ4n) is 3.84. The summed E-state index contributed by atoms with van der Waals surface area (Å²) in [5, 5.41) is 59.1. The summed E-state index contributed by atoms with van der Waals surface area (Å²) in [4.78, 5) is 46.1. The highest BCUT2D eigenvalue weighted by Crippen LogP contribution is 2.57. The van der Waals surface area contributed by atoms with Crippen molar-refractivity contribution in [1.29, 1.82) is 0 Å². The number of aliphatic hydroxyl groups is 6. The van der Waals surface area contributed by atoms with Crippen LogP contribution in [0.4, 0.5) is 5.95 Å². The van der Waals surface area contributed by atoms with Crippen molar-refractivity contribution >= 4 is 32.8 Å². The summed E-state index contributed by atoms with van der Waals surface area (Å²) in [6.07, 6.45) is -15.5. The highest BCUT2D eigenvalue weighted by Gasteiger charge is 2.47. The molecule has 0 radical (unpaired) electrons. The van der Waals surface area contributed by atoms with Gasteiger partial charge in [0.2, 0.25) is 5.95 Å². The summed E-state index contributed by atoms with van der Waals surface area (Å²) < 4.78 is 48.1. The normalized spacial score (nSPS) is 36.6. The Kier molecular flexibility index (Phi) is 8.60. The van der Waals surface area contributed by atoms with E-state index in [-0.39, 0.29) is 17.1 Å². The predicted octanol–water partition coefficient (Wildman–Crippen LogP) is -5.89. The molecule has 0 amide bonds. The number of rotatable bonds is 9. The summed E-state index contributed by atoms with van der Waals surface area (Å²) in [6, 6.07) is 0. The van der Waals surface area contributed by atoms with E-state index >= 15 is 0 Å². The average Bonchev–Trinajstić information content (AvgIpc) is 3.38. The molecule has 4 heterocycles. The van der Waals surface area contributed by atoms with Crippen LogP contribution in [0, 0.1) is 0 Å². The second kappa shape index (κ2) is 11.2. The molecule has 2 fully saturated rings. The molecule has 220 valence electrons. The number of hydrogen-bond acceptors (Lipinski definition) is 19. The molecule has 21 nitrogen and oxygen atoms in total. The van der Waals surface area contributed by atoms with Crippen LogP contribution in [0.5, 0.6) is 0 Å². The van der Waals surface area contributed by atoms with E-state index in [1.165, 1.54) is 0 Å². The number of aliphatic hydroxyl groups excluding tert-OH is 6. The third kappa shape index (κ3) is 6.22. The number of fused-ring (bicyclic) bond motifs is 1. The smallest absolute Gasteiger partial charge is 0.280 e. The number of nitrogen functional groups attached to an aromatic ring is 1. The van der Waals surface area contributed by atoms with Gasteiger partial charge in [0.25, 0.3) is 21.2 Å². The van der Waals surface area contributed by atoms with E-state index in [4.69, 9.17) is 20.3 Å². The van der Waals surface area contributed by atoms with Crippen molar-refractivity contribution in [2.45, 2.75) is 55.2 Å². The lowest BCUT2D eigenvalue weighted by Crippen LogP contribution is -2.59. The van der Waals surface area contributed by atoms with Crippen molar-refractivity contribution < 1.29 is 72.4 Å². The second-order valence-electron chi connectivity index (χ2n) is 8.40. The predicted molar refractivity (Wildman–Crippen MR) is 116 cm³/mol. The van der Waals surface area contributed by atoms with Crippen LogP contribution in [0.1, 0.15) is 6.23 Å². The Morgan fingerprint density at radius 3 is 2.36 bits per heavy atom. The monoisotopic (exact) mass is 603 g/mol. The lowest BCUT2D eigenvalue weighted by Gasteiger charge is -2.41. The van der Waals surface area contributed by atoms with E-state index in [1.54, 1.807) is 0 Å². The van der Waals surface area contributed by atoms with Crippen molar-refractivity contribution in [1.82, 2.24) is 19.5 Å². The number of nitrogens with zero attached hydrogens (tertiary/aromatic N) is 3. The minimum Gasteiger partial charge on any atom is -0.756 e. The first-order chi connectivity index (χ1) is 18.1. The second-order valence-corrected chi connectivity index (χ2v) is 11.3. The molecule has 39 heavy (non-hydrogen) atoms. The molecular formula is C16H23N5O16P2-2. The van der Waals surface area contributed by atoms with Gasteiger partial charge in [0.15, 0.2) is 23.7 Å². The number of nitrogens with two attached hydrogens (primary N) is 1. The van der Waals surface area contributed by atoms with Gasteiger partial charge in [-0.25, -0.2) is 9.29 Å². The summed E-state index contributed by atoms with van der Waals surface area (Å²) in [5.74, 6) is -0.292. The molecule has 23 heteroatoms. The quantitative estimate of drug-likeness (QED) is 0.124. The van der Waals surface area contributed by atoms with E-state index in [1.807, 2.05) is 0 Å². The number of imidazole rings is 1. The molecule has 0 aliphatic carbocycles. The maximum atomic E-state index is 12.1. The van der Waals surface area contributed by atoms with Crippen LogP contribution in [0.3, 0.4) is 0 Å². The van der Waals surface area contributed by atoms with Crippen LogP contribution in [0.25, 0.3) is 11.2 Å². The molecule has 2 aliphatic rings. The summed E-state index contributed by atoms with van der Waals surface area (Å²) in [7, 11) is -11.7. The van der Waals surface area contributed by atoms with Crippen LogP contribution < -0.4 is 21.1 Å². The molecule has 2 aromatic heterocycles. The Hall–Kier alpha value is -1.91. The third-order valence-corrected chi connectivity index (χ3v) is 8.27. The van der Waals surface area contributed by atoms with Crippen LogP contribution in [-0.4, -0.2) is 112 Å². The van der Waals surface area contributed by atoms with Gasteiger partial charge in [-0.05, 0) is 0 Å². The fraction of sp³-hybridized carbons (Fsp3) is 0.688. The molecule has 2 saturated heterocycles. The van der Waals surface area contributed by atoms with Gasteiger partial charge in [0.05, 0.1) is 19.5 Å². The lowest BCUT2D eigenvalue weighted by molar-refractivity contribution is -0.305. The summed E-state index contributed by atoms with van der Waals surface area (Å²) in [5.41, 5.74) is 4.48. The molecule has 0 bridgehead atoms. The number of nitrogens with one attached hydrogen (secondary N) is 1.